The van der Waals surface area contributed by atoms with E-state index in [1.807, 2.05) is 0 Å². The van der Waals surface area contributed by atoms with Crippen molar-refractivity contribution < 1.29 is 28.6 Å². The van der Waals surface area contributed by atoms with Crippen LogP contribution in [0.15, 0.2) is 12.2 Å². The van der Waals surface area contributed by atoms with Gasteiger partial charge in [-0.15, -0.1) is 0 Å². The van der Waals surface area contributed by atoms with Gasteiger partial charge >= 0.3 is 18.2 Å². The van der Waals surface area contributed by atoms with E-state index >= 15 is 0 Å². The Hall–Kier alpha value is -2.25. The second-order valence-electron chi connectivity index (χ2n) is 13.9. The molecule has 3 aliphatic rings. The largest absolute Gasteiger partial charge is 0.464 e. The summed E-state index contributed by atoms with van der Waals surface area (Å²) in [4.78, 5) is 37.6. The fourth-order valence-corrected chi connectivity index (χ4v) is 8.47. The number of hydrogen-bond acceptors (Lipinski definition) is 6. The predicted octanol–water partition coefficient (Wildman–Crippen LogP) is 7.56. The first-order chi connectivity index (χ1) is 19.9. The van der Waals surface area contributed by atoms with Crippen LogP contribution in [0.1, 0.15) is 119 Å². The molecule has 0 bridgehead atoms. The highest BCUT2D eigenvalue weighted by Gasteiger charge is 2.70. The van der Waals surface area contributed by atoms with Crippen LogP contribution in [0.3, 0.4) is 0 Å². The van der Waals surface area contributed by atoms with Crippen LogP contribution in [0.2, 0.25) is 0 Å². The van der Waals surface area contributed by atoms with E-state index in [2.05, 4.69) is 64.3 Å². The van der Waals surface area contributed by atoms with E-state index in [0.717, 1.165) is 51.4 Å². The van der Waals surface area contributed by atoms with E-state index in [1.165, 1.54) is 0 Å². The van der Waals surface area contributed by atoms with E-state index in [4.69, 9.17) is 14.2 Å². The topological polar surface area (TPSA) is 103 Å². The molecule has 3 rings (SSSR count). The van der Waals surface area contributed by atoms with Crippen LogP contribution in [0, 0.1) is 33.5 Å². The number of ether oxygens (including phenoxy) is 3. The highest BCUT2D eigenvalue weighted by atomic mass is 16.6. The zero-order valence-corrected chi connectivity index (χ0v) is 27.4. The monoisotopic (exact) mass is 590 g/mol. The first kappa shape index (κ1) is 34.2. The van der Waals surface area contributed by atoms with Crippen molar-refractivity contribution in [1.82, 2.24) is 10.6 Å². The molecule has 0 aromatic carbocycles. The van der Waals surface area contributed by atoms with Crippen molar-refractivity contribution in [2.24, 2.45) is 33.5 Å². The first-order valence-electron chi connectivity index (χ1n) is 16.6. The molecule has 240 valence electrons. The highest BCUT2D eigenvalue weighted by Crippen LogP contribution is 2.74. The maximum Gasteiger partial charge on any atom is 0.407 e. The lowest BCUT2D eigenvalue weighted by Gasteiger charge is -2.18. The first-order valence-corrected chi connectivity index (χ1v) is 16.6. The molecule has 0 aromatic heterocycles. The molecule has 0 aromatic rings. The van der Waals surface area contributed by atoms with E-state index in [1.54, 1.807) is 6.92 Å². The zero-order valence-electron chi connectivity index (χ0n) is 27.4. The molecule has 2 fully saturated rings. The molecule has 8 nitrogen and oxygen atoms in total. The molecule has 0 spiro atoms. The number of nitrogens with one attached hydrogen (secondary N) is 2. The number of esters is 1. The van der Waals surface area contributed by atoms with Crippen molar-refractivity contribution in [3.63, 3.8) is 0 Å². The third-order valence-electron chi connectivity index (χ3n) is 11.7. The second kappa shape index (κ2) is 14.5. The van der Waals surface area contributed by atoms with Crippen LogP contribution in [0.4, 0.5) is 9.59 Å². The number of amides is 2. The lowest BCUT2D eigenvalue weighted by Crippen LogP contribution is -2.42. The normalized spacial score (nSPS) is 34.5. The summed E-state index contributed by atoms with van der Waals surface area (Å²) in [6, 6.07) is -0.782. The maximum absolute atomic E-state index is 12.7. The Morgan fingerprint density at radius 2 is 1.33 bits per heavy atom. The van der Waals surface area contributed by atoms with Crippen LogP contribution < -0.4 is 10.6 Å². The fourth-order valence-electron chi connectivity index (χ4n) is 8.47. The summed E-state index contributed by atoms with van der Waals surface area (Å²) < 4.78 is 16.5. The molecule has 0 saturated heterocycles. The summed E-state index contributed by atoms with van der Waals surface area (Å²) in [5, 5.41) is 5.57. The average Bonchev–Trinajstić information content (AvgIpc) is 3.59. The van der Waals surface area contributed by atoms with Crippen LogP contribution in [-0.4, -0.2) is 50.6 Å². The fraction of sp³-hybridized carbons (Fsp3) is 0.853. The molecule has 2 amide bonds. The van der Waals surface area contributed by atoms with Gasteiger partial charge in [-0.3, -0.25) is 0 Å². The van der Waals surface area contributed by atoms with Crippen molar-refractivity contribution in [2.45, 2.75) is 125 Å². The lowest BCUT2D eigenvalue weighted by molar-refractivity contribution is -0.145. The average molecular weight is 591 g/mol. The van der Waals surface area contributed by atoms with Gasteiger partial charge in [0.25, 0.3) is 0 Å². The number of rotatable bonds is 16. The number of hydrogen-bond donors (Lipinski definition) is 2. The SMILES string of the molecule is CCC[C@@]1(C)C(COC(=O)NCCCC[C@@H](NC(=O)OCC2[C@]3(C)CC/C=C\CC[C@]23C)C(=O)OCC)[C@@]1(C)CCC. The van der Waals surface area contributed by atoms with E-state index in [-0.39, 0.29) is 28.3 Å². The molecule has 8 heteroatoms. The second-order valence-corrected chi connectivity index (χ2v) is 13.9. The van der Waals surface area contributed by atoms with Crippen LogP contribution in [-0.2, 0) is 19.0 Å². The molecule has 0 heterocycles. The van der Waals surface area contributed by atoms with Crippen LogP contribution in [0.5, 0.6) is 0 Å². The molecule has 2 N–H and O–H groups in total. The van der Waals surface area contributed by atoms with Gasteiger partial charge in [0.1, 0.15) is 6.04 Å². The molecule has 0 aliphatic heterocycles. The van der Waals surface area contributed by atoms with Gasteiger partial charge in [-0.05, 0) is 86.4 Å². The number of allylic oxidation sites excluding steroid dienone is 2. The third kappa shape index (κ3) is 7.27. The summed E-state index contributed by atoms with van der Waals surface area (Å²) in [6.45, 7) is 16.9. The van der Waals surface area contributed by atoms with Gasteiger partial charge in [-0.2, -0.15) is 0 Å². The van der Waals surface area contributed by atoms with Gasteiger partial charge in [-0.1, -0.05) is 66.5 Å². The van der Waals surface area contributed by atoms with E-state index in [0.29, 0.717) is 50.9 Å². The Morgan fingerprint density at radius 1 is 0.786 bits per heavy atom. The highest BCUT2D eigenvalue weighted by molar-refractivity contribution is 5.81. The smallest absolute Gasteiger partial charge is 0.407 e. The molecule has 2 unspecified atom stereocenters. The number of unbranched alkanes of at least 4 members (excludes halogenated alkanes) is 1. The zero-order chi connectivity index (χ0) is 31.0. The predicted molar refractivity (Wildman–Crippen MR) is 165 cm³/mol. The Bertz CT molecular complexity index is 930. The molecule has 7 atom stereocenters. The minimum Gasteiger partial charge on any atom is -0.464 e. The van der Waals surface area contributed by atoms with Gasteiger partial charge in [0, 0.05) is 18.4 Å². The van der Waals surface area contributed by atoms with Gasteiger partial charge < -0.3 is 24.8 Å². The standard InChI is InChI=1S/C34H58N2O6/c1-8-18-31(4)26(32(31,5)19-9-2)23-41-29(38)35-22-16-13-17-25(28(37)40-10-3)36-30(39)42-24-27-33(6)20-14-11-12-15-21-34(27,33)7/h11-12,25-27H,8-10,13-24H2,1-7H3,(H,35,38)(H,36,39)/b12-11-/t25-,26?,27?,31-,32+,33-,34+/m1/s1. The van der Waals surface area contributed by atoms with Gasteiger partial charge in [0.15, 0.2) is 0 Å². The molecule has 0 radical (unpaired) electrons. The van der Waals surface area contributed by atoms with Crippen LogP contribution >= 0.6 is 0 Å². The van der Waals surface area contributed by atoms with Crippen molar-refractivity contribution in [1.29, 1.82) is 0 Å². The number of alkyl carbamates (subject to hydrolysis) is 2. The summed E-state index contributed by atoms with van der Waals surface area (Å²) in [6.07, 6.45) is 14.1. The van der Waals surface area contributed by atoms with Gasteiger partial charge in [0.2, 0.25) is 0 Å². The number of carbonyl (C=O) groups excluding carboxylic acids is 3. The lowest BCUT2D eigenvalue weighted by atomic mass is 9.86. The molecule has 3 aliphatic carbocycles. The molecular formula is C34H58N2O6. The summed E-state index contributed by atoms with van der Waals surface area (Å²) in [7, 11) is 0. The van der Waals surface area contributed by atoms with Gasteiger partial charge in [0.05, 0.1) is 19.8 Å². The summed E-state index contributed by atoms with van der Waals surface area (Å²) in [5.74, 6) is 0.255. The van der Waals surface area contributed by atoms with Crippen LogP contribution in [0.25, 0.3) is 0 Å². The maximum atomic E-state index is 12.7. The Kier molecular flexibility index (Phi) is 11.8. The third-order valence-corrected chi connectivity index (χ3v) is 11.7. The Balaban J connectivity index is 1.37. The van der Waals surface area contributed by atoms with E-state index < -0.39 is 24.2 Å². The summed E-state index contributed by atoms with van der Waals surface area (Å²) in [5.41, 5.74) is 0.820. The Labute approximate surface area is 254 Å². The minimum atomic E-state index is -0.782. The molecule has 2 saturated carbocycles. The van der Waals surface area contributed by atoms with Crippen molar-refractivity contribution in [2.75, 3.05) is 26.4 Å². The van der Waals surface area contributed by atoms with Gasteiger partial charge in [-0.25, -0.2) is 14.4 Å². The van der Waals surface area contributed by atoms with Crippen molar-refractivity contribution >= 4 is 18.2 Å². The summed E-state index contributed by atoms with van der Waals surface area (Å²) >= 11 is 0. The molecule has 42 heavy (non-hydrogen) atoms. The quantitative estimate of drug-likeness (QED) is 0.0832. The number of fused-ring (bicyclic) bond motifs is 1. The number of carbonyl (C=O) groups is 3. The molecular weight excluding hydrogens is 532 g/mol. The van der Waals surface area contributed by atoms with Crippen molar-refractivity contribution in [3.05, 3.63) is 12.2 Å². The minimum absolute atomic E-state index is 0.176. The van der Waals surface area contributed by atoms with Crippen molar-refractivity contribution in [3.8, 4) is 0 Å². The Morgan fingerprint density at radius 3 is 1.88 bits per heavy atom. The van der Waals surface area contributed by atoms with E-state index in [9.17, 15) is 14.4 Å².